The number of carbonyl (C=O) groups is 1. The molecule has 0 spiro atoms. The second-order valence-electron chi connectivity index (χ2n) is 4.10. The van der Waals surface area contributed by atoms with E-state index in [-0.39, 0.29) is 6.61 Å². The van der Waals surface area contributed by atoms with E-state index in [0.29, 0.717) is 28.1 Å². The molecule has 18 heavy (non-hydrogen) atoms. The third-order valence-electron chi connectivity index (χ3n) is 2.95. The summed E-state index contributed by atoms with van der Waals surface area (Å²) in [5, 5.41) is 4.02. The number of nitrogens with two attached hydrogens (primary N) is 1. The van der Waals surface area contributed by atoms with Crippen LogP contribution in [0.3, 0.4) is 0 Å². The van der Waals surface area contributed by atoms with Crippen LogP contribution in [-0.4, -0.2) is 15.7 Å². The van der Waals surface area contributed by atoms with Crippen LogP contribution in [-0.2, 0) is 13.7 Å². The summed E-state index contributed by atoms with van der Waals surface area (Å²) < 4.78 is 20.6. The molecule has 0 saturated carbocycles. The Balaban J connectivity index is 2.27. The molecule has 0 bridgehead atoms. The average Bonchev–Trinajstić information content (AvgIpc) is 2.65. The van der Waals surface area contributed by atoms with Gasteiger partial charge in [0.15, 0.2) is 0 Å². The largest absolute Gasteiger partial charge is 0.487 e. The molecule has 0 unspecified atom stereocenters. The zero-order valence-electron chi connectivity index (χ0n) is 9.61. The maximum absolute atomic E-state index is 14.0. The van der Waals surface area contributed by atoms with Crippen LogP contribution < -0.4 is 10.5 Å². The Morgan fingerprint density at radius 1 is 1.56 bits per heavy atom. The smallest absolute Gasteiger partial charge is 0.248 e. The molecule has 1 amide bonds. The van der Waals surface area contributed by atoms with Crippen molar-refractivity contribution in [2.24, 2.45) is 12.8 Å². The third-order valence-corrected chi connectivity index (χ3v) is 2.95. The predicted octanol–water partition coefficient (Wildman–Crippen LogP) is 1.22. The number of primary amides is 1. The lowest BCUT2D eigenvalue weighted by Crippen LogP contribution is -2.12. The van der Waals surface area contributed by atoms with Crippen LogP contribution >= 0.6 is 0 Å². The summed E-state index contributed by atoms with van der Waals surface area (Å²) in [6.07, 6.45) is 0. The quantitative estimate of drug-likeness (QED) is 0.823. The second kappa shape index (κ2) is 3.56. The number of hydrogen-bond donors (Lipinski definition) is 1. The van der Waals surface area contributed by atoms with Gasteiger partial charge in [0, 0.05) is 18.2 Å². The molecule has 1 aromatic carbocycles. The van der Waals surface area contributed by atoms with Crippen LogP contribution in [0.5, 0.6) is 5.75 Å². The zero-order valence-corrected chi connectivity index (χ0v) is 9.61. The number of halogens is 1. The monoisotopic (exact) mass is 247 g/mol. The maximum atomic E-state index is 14.0. The van der Waals surface area contributed by atoms with Crippen LogP contribution in [0.4, 0.5) is 4.39 Å². The summed E-state index contributed by atoms with van der Waals surface area (Å²) >= 11 is 0. The molecule has 6 heteroatoms. The van der Waals surface area contributed by atoms with Crippen molar-refractivity contribution < 1.29 is 13.9 Å². The number of fused-ring (bicyclic) bond motifs is 3. The van der Waals surface area contributed by atoms with Gasteiger partial charge in [-0.05, 0) is 18.2 Å². The van der Waals surface area contributed by atoms with Crippen molar-refractivity contribution in [2.75, 3.05) is 0 Å². The second-order valence-corrected chi connectivity index (χ2v) is 4.10. The van der Waals surface area contributed by atoms with Gasteiger partial charge in [-0.1, -0.05) is 0 Å². The Morgan fingerprint density at radius 3 is 3.06 bits per heavy atom. The maximum Gasteiger partial charge on any atom is 0.248 e. The summed E-state index contributed by atoms with van der Waals surface area (Å²) in [7, 11) is 1.52. The van der Waals surface area contributed by atoms with Gasteiger partial charge in [0.25, 0.3) is 0 Å². The Labute approximate surface area is 102 Å². The van der Waals surface area contributed by atoms with Crippen LogP contribution in [0.1, 0.15) is 16.1 Å². The average molecular weight is 247 g/mol. The number of aromatic nitrogens is 2. The number of nitrogens with zero attached hydrogens (tertiary/aromatic N) is 2. The van der Waals surface area contributed by atoms with E-state index in [2.05, 4.69) is 5.10 Å². The molecule has 0 aliphatic carbocycles. The van der Waals surface area contributed by atoms with Crippen molar-refractivity contribution >= 4 is 5.91 Å². The van der Waals surface area contributed by atoms with E-state index in [0.717, 1.165) is 4.68 Å². The summed E-state index contributed by atoms with van der Waals surface area (Å²) in [6.45, 7) is 0.218. The lowest BCUT2D eigenvalue weighted by Gasteiger charge is -2.17. The Kier molecular flexibility index (Phi) is 2.13. The van der Waals surface area contributed by atoms with Gasteiger partial charge in [0.1, 0.15) is 18.1 Å². The molecule has 2 aromatic rings. The zero-order chi connectivity index (χ0) is 12.9. The number of aryl methyl sites for hydroxylation is 1. The molecule has 0 atom stereocenters. The Morgan fingerprint density at radius 2 is 2.33 bits per heavy atom. The van der Waals surface area contributed by atoms with E-state index in [4.69, 9.17) is 10.5 Å². The van der Waals surface area contributed by atoms with E-state index < -0.39 is 11.9 Å². The van der Waals surface area contributed by atoms with Crippen molar-refractivity contribution in [1.82, 2.24) is 9.78 Å². The third kappa shape index (κ3) is 1.38. The van der Waals surface area contributed by atoms with Crippen LogP contribution in [0.15, 0.2) is 18.2 Å². The minimum Gasteiger partial charge on any atom is -0.487 e. The molecule has 92 valence electrons. The molecule has 0 fully saturated rings. The van der Waals surface area contributed by atoms with E-state index >= 15 is 0 Å². The van der Waals surface area contributed by atoms with Crippen molar-refractivity contribution in [1.29, 1.82) is 0 Å². The number of carbonyl (C=O) groups excluding carboxylic acids is 1. The van der Waals surface area contributed by atoms with Crippen LogP contribution in [0.25, 0.3) is 11.1 Å². The normalized spacial score (nSPS) is 12.6. The van der Waals surface area contributed by atoms with E-state index in [9.17, 15) is 9.18 Å². The van der Waals surface area contributed by atoms with Gasteiger partial charge in [-0.15, -0.1) is 0 Å². The summed E-state index contributed by atoms with van der Waals surface area (Å²) in [4.78, 5) is 11.2. The van der Waals surface area contributed by atoms with Gasteiger partial charge in [0.05, 0.1) is 5.56 Å². The number of benzene rings is 1. The lowest BCUT2D eigenvalue weighted by molar-refractivity contribution is 0.100. The SMILES string of the molecule is Cn1nc2c(c1F)-c1cc(C(N)=O)ccc1OC2. The molecular weight excluding hydrogens is 237 g/mol. The molecule has 1 aromatic heterocycles. The van der Waals surface area contributed by atoms with Crippen molar-refractivity contribution in [3.8, 4) is 16.9 Å². The van der Waals surface area contributed by atoms with Gasteiger partial charge in [0.2, 0.25) is 11.9 Å². The van der Waals surface area contributed by atoms with E-state index in [1.165, 1.54) is 13.1 Å². The number of amides is 1. The Hall–Kier alpha value is -2.37. The Bertz CT molecular complexity index is 664. The number of hydrogen-bond acceptors (Lipinski definition) is 3. The molecule has 5 nitrogen and oxygen atoms in total. The van der Waals surface area contributed by atoms with Gasteiger partial charge in [-0.3, -0.25) is 4.79 Å². The minimum absolute atomic E-state index is 0.218. The topological polar surface area (TPSA) is 70.1 Å². The van der Waals surface area contributed by atoms with Gasteiger partial charge in [-0.2, -0.15) is 9.49 Å². The fourth-order valence-electron chi connectivity index (χ4n) is 2.07. The van der Waals surface area contributed by atoms with Crippen molar-refractivity contribution in [3.63, 3.8) is 0 Å². The molecular formula is C12H10FN3O2. The van der Waals surface area contributed by atoms with Crippen molar-refractivity contribution in [2.45, 2.75) is 6.61 Å². The molecule has 1 aliphatic rings. The molecule has 0 radical (unpaired) electrons. The highest BCUT2D eigenvalue weighted by atomic mass is 19.1. The summed E-state index contributed by atoms with van der Waals surface area (Å²) in [5.74, 6) is -0.482. The predicted molar refractivity (Wildman–Crippen MR) is 61.5 cm³/mol. The van der Waals surface area contributed by atoms with E-state index in [1.54, 1.807) is 12.1 Å². The van der Waals surface area contributed by atoms with Crippen LogP contribution in [0.2, 0.25) is 0 Å². The highest BCUT2D eigenvalue weighted by Crippen LogP contribution is 2.39. The summed E-state index contributed by atoms with van der Waals surface area (Å²) in [5.41, 5.74) is 6.94. The summed E-state index contributed by atoms with van der Waals surface area (Å²) in [6, 6.07) is 4.70. The lowest BCUT2D eigenvalue weighted by atomic mass is 10.00. The first kappa shape index (κ1) is 10.8. The highest BCUT2D eigenvalue weighted by molar-refractivity contribution is 5.95. The first-order valence-electron chi connectivity index (χ1n) is 5.36. The van der Waals surface area contributed by atoms with Gasteiger partial charge in [-0.25, -0.2) is 4.68 Å². The fourth-order valence-corrected chi connectivity index (χ4v) is 2.07. The minimum atomic E-state index is -0.561. The highest BCUT2D eigenvalue weighted by Gasteiger charge is 2.26. The van der Waals surface area contributed by atoms with Crippen LogP contribution in [0, 0.1) is 5.95 Å². The van der Waals surface area contributed by atoms with Gasteiger partial charge >= 0.3 is 0 Å². The molecule has 0 saturated heterocycles. The molecule has 2 heterocycles. The fraction of sp³-hybridized carbons (Fsp3) is 0.167. The first-order valence-corrected chi connectivity index (χ1v) is 5.36. The first-order chi connectivity index (χ1) is 8.58. The number of ether oxygens (including phenoxy) is 1. The van der Waals surface area contributed by atoms with Gasteiger partial charge < -0.3 is 10.5 Å². The number of rotatable bonds is 1. The molecule has 1 aliphatic heterocycles. The standard InChI is InChI=1S/C12H10FN3O2/c1-16-11(13)10-7-4-6(12(14)17)2-3-9(7)18-5-8(10)15-16/h2-4H,5H2,1H3,(H2,14,17). The molecule has 3 rings (SSSR count). The van der Waals surface area contributed by atoms with Crippen molar-refractivity contribution in [3.05, 3.63) is 35.4 Å². The van der Waals surface area contributed by atoms with E-state index in [1.807, 2.05) is 0 Å². The molecule has 2 N–H and O–H groups in total.